The van der Waals surface area contributed by atoms with Gasteiger partial charge in [0.15, 0.2) is 0 Å². The maximum atomic E-state index is 14.6. The number of primary amides is 3. The standard InChI is InChI=1S/C80H103N21O26/c1-36(2)66(80(126)127)100-76(122)53(26-41-33-87-48-17-10-7-14-44(41)48)96-74(120)54(28-60(83)104)91-62(106)34-88-69(115)51(24-39-31-85-46-15-8-5-12-42(39)46)94-71(117)50(20-22-64(109)110)93-70(116)49(19-21-63(107)108)92-67(113)37(3)89-78(124)58-18-11-23-101(58)79(125)38(4)90-72(118)55(29-61(84)105)97-73(119)52(25-40-32-86-47-16-9-6-13-43(40)47)95-75(121)56(30-65(111)112)98-77(123)57(35-102)99-68(114)45(81)27-59(82)103/h5-10,12-17,31-33,36-38,45,49-58,66,85-87,102H,11,18-30,34-35,81H2,1-4H3,(H2,82,103)(H2,83,104)(H2,84,105)(H,88,115)(H,89,124)(H,90,118)(H,91,106)(H,92,113)(H,93,116)(H,94,117)(H,95,121)(H,96,120)(H,97,119)(H,98,123)(H,99,114)(H,100,122)(H,107,108)(H,109,110)(H,111,112)(H,126,127)/t37-,38-,45-,49-,50-,51-,52-,53-,54-,55-,56-,57-,58-,66-/m0/s1. The minimum absolute atomic E-state index is 0.0562. The first-order valence-electron chi connectivity index (χ1n) is 40.0. The lowest BCUT2D eigenvalue weighted by molar-refractivity contribution is -0.143. The van der Waals surface area contributed by atoms with Gasteiger partial charge in [-0.1, -0.05) is 68.4 Å². The molecule has 47 nitrogen and oxygen atoms in total. The third-order valence-electron chi connectivity index (χ3n) is 20.4. The van der Waals surface area contributed by atoms with Crippen LogP contribution in [0, 0.1) is 5.92 Å². The van der Waals surface area contributed by atoms with Crippen LogP contribution in [0.2, 0.25) is 0 Å². The molecule has 0 saturated carbocycles. The Morgan fingerprint density at radius 1 is 0.409 bits per heavy atom. The van der Waals surface area contributed by atoms with Crippen molar-refractivity contribution in [3.05, 3.63) is 108 Å². The van der Waals surface area contributed by atoms with Gasteiger partial charge in [-0.25, -0.2) is 4.79 Å². The summed E-state index contributed by atoms with van der Waals surface area (Å²) in [6.07, 6.45) is -3.27. The second kappa shape index (κ2) is 46.5. The van der Waals surface area contributed by atoms with Crippen LogP contribution in [-0.4, -0.2) is 274 Å². The van der Waals surface area contributed by atoms with Gasteiger partial charge in [-0.15, -0.1) is 0 Å². The molecule has 0 bridgehead atoms. The molecular weight excluding hydrogens is 1670 g/mol. The number of likely N-dealkylation sites (tertiary alicyclic amines) is 1. The molecule has 1 aliphatic heterocycles. The first-order valence-corrected chi connectivity index (χ1v) is 40.0. The number of aliphatic hydroxyl groups is 1. The second-order valence-electron chi connectivity index (χ2n) is 30.5. The number of benzene rings is 3. The average molecular weight is 1770 g/mol. The molecule has 47 heteroatoms. The lowest BCUT2D eigenvalue weighted by atomic mass is 10.0. The molecule has 0 spiro atoms. The van der Waals surface area contributed by atoms with Crippen molar-refractivity contribution in [3.8, 4) is 0 Å². The molecule has 6 aromatic rings. The second-order valence-corrected chi connectivity index (χ2v) is 30.5. The number of carbonyl (C=O) groups is 21. The summed E-state index contributed by atoms with van der Waals surface area (Å²) in [5.41, 5.74) is 24.8. The van der Waals surface area contributed by atoms with Gasteiger partial charge in [0.1, 0.15) is 78.5 Å². The van der Waals surface area contributed by atoms with Crippen molar-refractivity contribution in [1.82, 2.24) is 89.0 Å². The highest BCUT2D eigenvalue weighted by atomic mass is 16.4. The van der Waals surface area contributed by atoms with E-state index >= 15 is 0 Å². The van der Waals surface area contributed by atoms with E-state index in [0.29, 0.717) is 49.4 Å². The van der Waals surface area contributed by atoms with Crippen molar-refractivity contribution >= 4 is 157 Å². The zero-order valence-corrected chi connectivity index (χ0v) is 69.2. The van der Waals surface area contributed by atoms with Crippen molar-refractivity contribution in [2.24, 2.45) is 28.9 Å². The van der Waals surface area contributed by atoms with Gasteiger partial charge in [-0.2, -0.15) is 0 Å². The van der Waals surface area contributed by atoms with Crippen molar-refractivity contribution in [2.45, 2.75) is 196 Å². The molecule has 1 aliphatic rings. The number of aliphatic carboxylic acids is 4. The Labute approximate surface area is 721 Å². The van der Waals surface area contributed by atoms with Crippen molar-refractivity contribution in [2.75, 3.05) is 19.7 Å². The SMILES string of the molecule is CC(C)[C@H](NC(=O)[C@H](Cc1c[nH]c2ccccc12)NC(=O)[C@H](CC(N)=O)NC(=O)CNC(=O)[C@H](Cc1c[nH]c2ccccc12)NC(=O)[C@H](CCC(=O)O)NC(=O)[C@H](CCC(=O)O)NC(=O)[C@H](C)NC(=O)[C@@H]1CCCN1C(=O)[C@H](C)NC(=O)[C@H](CC(N)=O)NC(=O)[C@H](Cc1c[nH]c2ccccc12)NC(=O)[C@H](CC(=O)O)NC(=O)[C@H](CO)NC(=O)[C@@H](N)CC(N)=O)C(=O)O. The number of aromatic nitrogens is 3. The summed E-state index contributed by atoms with van der Waals surface area (Å²) in [6.45, 7) is 3.09. The highest BCUT2D eigenvalue weighted by Crippen LogP contribution is 2.25. The fourth-order valence-corrected chi connectivity index (χ4v) is 13.8. The number of amides is 17. The van der Waals surface area contributed by atoms with Gasteiger partial charge < -0.3 is 137 Å². The van der Waals surface area contributed by atoms with Crippen LogP contribution >= 0.6 is 0 Å². The number of rotatable bonds is 50. The number of nitrogens with zero attached hydrogens (tertiary/aromatic N) is 1. The number of carboxylic acid groups (broad SMARTS) is 4. The predicted octanol–water partition coefficient (Wildman–Crippen LogP) is -6.99. The molecule has 0 radical (unpaired) electrons. The van der Waals surface area contributed by atoms with E-state index < -0.39 is 292 Å². The molecule has 29 N–H and O–H groups in total. The third kappa shape index (κ3) is 29.4. The lowest BCUT2D eigenvalue weighted by Crippen LogP contribution is -2.61. The zero-order valence-electron chi connectivity index (χ0n) is 69.2. The average Bonchev–Trinajstić information content (AvgIpc) is 1.70. The fourth-order valence-electron chi connectivity index (χ4n) is 13.8. The number of fused-ring (bicyclic) bond motifs is 3. The van der Waals surface area contributed by atoms with Crippen LogP contribution < -0.4 is 92.1 Å². The number of nitrogens with one attached hydrogen (secondary N) is 16. The van der Waals surface area contributed by atoms with Crippen LogP contribution in [-0.2, 0) is 120 Å². The summed E-state index contributed by atoms with van der Waals surface area (Å²) in [7, 11) is 0. The first kappa shape index (κ1) is 99.2. The first-order chi connectivity index (χ1) is 60.0. The predicted molar refractivity (Wildman–Crippen MR) is 443 cm³/mol. The Morgan fingerprint density at radius 3 is 1.20 bits per heavy atom. The minimum atomic E-state index is -2.07. The van der Waals surface area contributed by atoms with Gasteiger partial charge in [0.05, 0.1) is 44.9 Å². The van der Waals surface area contributed by atoms with E-state index in [2.05, 4.69) is 78.8 Å². The van der Waals surface area contributed by atoms with Gasteiger partial charge in [0, 0.05) is 89.9 Å². The number of nitrogens with two attached hydrogens (primary N) is 4. The van der Waals surface area contributed by atoms with Gasteiger partial charge in [0.25, 0.3) is 0 Å². The van der Waals surface area contributed by atoms with Gasteiger partial charge in [-0.3, -0.25) is 95.9 Å². The van der Waals surface area contributed by atoms with Crippen LogP contribution in [0.4, 0.5) is 0 Å². The Balaban J connectivity index is 1.02. The molecule has 1 saturated heterocycles. The molecule has 1 fully saturated rings. The van der Waals surface area contributed by atoms with Crippen LogP contribution in [0.3, 0.4) is 0 Å². The van der Waals surface area contributed by atoms with E-state index in [9.17, 15) is 126 Å². The van der Waals surface area contributed by atoms with Crippen molar-refractivity contribution in [3.63, 3.8) is 0 Å². The molecule has 127 heavy (non-hydrogen) atoms. The molecule has 3 aromatic heterocycles. The van der Waals surface area contributed by atoms with E-state index in [4.69, 9.17) is 22.9 Å². The normalized spacial score (nSPS) is 15.5. The highest BCUT2D eigenvalue weighted by molar-refractivity contribution is 6.03. The Hall–Kier alpha value is -14.9. The summed E-state index contributed by atoms with van der Waals surface area (Å²) in [5.74, 6) is -26.2. The third-order valence-corrected chi connectivity index (χ3v) is 20.4. The topological polar surface area (TPSA) is 771 Å². The van der Waals surface area contributed by atoms with E-state index in [1.807, 2.05) is 5.32 Å². The smallest absolute Gasteiger partial charge is 0.326 e. The van der Waals surface area contributed by atoms with E-state index in [1.54, 1.807) is 79.0 Å². The molecular formula is C80H103N21O26. The summed E-state index contributed by atoms with van der Waals surface area (Å²) in [5, 5.41) is 81.1. The van der Waals surface area contributed by atoms with Gasteiger partial charge in [-0.05, 0) is 80.3 Å². The number of hydrogen-bond acceptors (Lipinski definition) is 23. The van der Waals surface area contributed by atoms with Crippen molar-refractivity contribution in [1.29, 1.82) is 0 Å². The number of carbonyl (C=O) groups excluding carboxylic acids is 17. The quantitative estimate of drug-likeness (QED) is 0.0169. The molecule has 4 heterocycles. The molecule has 3 aromatic carbocycles. The molecule has 7 rings (SSSR count). The Kier molecular flexibility index (Phi) is 36.3. The molecule has 0 aliphatic carbocycles. The summed E-state index contributed by atoms with van der Waals surface area (Å²) >= 11 is 0. The summed E-state index contributed by atoms with van der Waals surface area (Å²) in [4.78, 5) is 292. The number of carboxylic acids is 4. The number of aromatic amines is 3. The van der Waals surface area contributed by atoms with Crippen LogP contribution in [0.5, 0.6) is 0 Å². The van der Waals surface area contributed by atoms with Gasteiger partial charge >= 0.3 is 23.9 Å². The van der Waals surface area contributed by atoms with Crippen molar-refractivity contribution < 1.29 is 126 Å². The monoisotopic (exact) mass is 1770 g/mol. The number of para-hydroxylation sites is 3. The van der Waals surface area contributed by atoms with Crippen LogP contribution in [0.15, 0.2) is 91.4 Å². The fraction of sp³-hybridized carbons (Fsp3) is 0.438. The summed E-state index contributed by atoms with van der Waals surface area (Å²) in [6, 6.07) is -4.04. The zero-order chi connectivity index (χ0) is 93.8. The van der Waals surface area contributed by atoms with Crippen LogP contribution in [0.25, 0.3) is 32.7 Å². The van der Waals surface area contributed by atoms with Gasteiger partial charge in [0.2, 0.25) is 100 Å². The summed E-state index contributed by atoms with van der Waals surface area (Å²) < 4.78 is 0. The largest absolute Gasteiger partial charge is 0.481 e. The lowest BCUT2D eigenvalue weighted by Gasteiger charge is -2.29. The number of H-pyrrole nitrogens is 3. The van der Waals surface area contributed by atoms with E-state index in [0.717, 1.165) is 11.8 Å². The minimum Gasteiger partial charge on any atom is -0.481 e. The Bertz CT molecular complexity index is 5140. The Morgan fingerprint density at radius 2 is 0.780 bits per heavy atom. The molecule has 14 atom stereocenters. The van der Waals surface area contributed by atoms with Crippen LogP contribution in [0.1, 0.15) is 109 Å². The maximum Gasteiger partial charge on any atom is 0.326 e. The van der Waals surface area contributed by atoms with E-state index in [1.165, 1.54) is 33.2 Å². The molecule has 17 amide bonds. The number of hydrogen-bond donors (Lipinski definition) is 25. The molecule has 684 valence electrons. The maximum absolute atomic E-state index is 14.6. The molecule has 0 unspecified atom stereocenters. The highest BCUT2D eigenvalue weighted by Gasteiger charge is 2.42. The number of aliphatic hydroxyl groups excluding tert-OH is 1. The van der Waals surface area contributed by atoms with E-state index in [-0.39, 0.29) is 25.8 Å².